The molecule has 2 heterocycles. The van der Waals surface area contributed by atoms with Crippen molar-refractivity contribution in [3.05, 3.63) is 63.0 Å². The third-order valence-corrected chi connectivity index (χ3v) is 5.56. The highest BCUT2D eigenvalue weighted by atomic mass is 16.6. The number of benzene rings is 2. The third-order valence-electron chi connectivity index (χ3n) is 5.56. The van der Waals surface area contributed by atoms with Crippen molar-refractivity contribution in [1.29, 1.82) is 0 Å². The van der Waals surface area contributed by atoms with Crippen molar-refractivity contribution in [2.24, 2.45) is 0 Å². The van der Waals surface area contributed by atoms with E-state index < -0.39 is 4.92 Å². The topological polar surface area (TPSA) is 95.1 Å². The molecule has 1 aliphatic heterocycles. The number of hydrogen-bond acceptors (Lipinski definition) is 7. The van der Waals surface area contributed by atoms with Crippen LogP contribution in [0.25, 0.3) is 22.1 Å². The average Bonchev–Trinajstić information content (AvgIpc) is 2.79. The number of ether oxygens (including phenoxy) is 2. The Kier molecular flexibility index (Phi) is 6.18. The van der Waals surface area contributed by atoms with E-state index in [0.29, 0.717) is 29.1 Å². The van der Waals surface area contributed by atoms with Crippen LogP contribution in [0.1, 0.15) is 19.3 Å². The second-order valence-corrected chi connectivity index (χ2v) is 7.53. The minimum Gasteiger partial charge on any atom is -0.497 e. The second-order valence-electron chi connectivity index (χ2n) is 7.53. The molecule has 0 N–H and O–H groups in total. The quantitative estimate of drug-likeness (QED) is 0.413. The first kappa shape index (κ1) is 20.9. The highest BCUT2D eigenvalue weighted by molar-refractivity contribution is 5.84. The summed E-state index contributed by atoms with van der Waals surface area (Å²) in [6.07, 6.45) is 5.02. The monoisotopic (exact) mass is 424 g/mol. The molecule has 4 rings (SSSR count). The molecule has 8 nitrogen and oxygen atoms in total. The lowest BCUT2D eigenvalue weighted by Crippen LogP contribution is -2.33. The predicted molar refractivity (Wildman–Crippen MR) is 117 cm³/mol. The van der Waals surface area contributed by atoms with Crippen LogP contribution in [0.2, 0.25) is 0 Å². The number of fused-ring (bicyclic) bond motifs is 1. The van der Waals surface area contributed by atoms with Crippen molar-refractivity contribution in [2.45, 2.75) is 19.3 Å². The summed E-state index contributed by atoms with van der Waals surface area (Å²) in [4.78, 5) is 26.4. The molecule has 0 spiro atoms. The molecule has 162 valence electrons. The molecule has 1 aromatic heterocycles. The zero-order valence-corrected chi connectivity index (χ0v) is 17.3. The van der Waals surface area contributed by atoms with Crippen molar-refractivity contribution in [2.75, 3.05) is 33.4 Å². The molecule has 0 atom stereocenters. The number of hydrogen-bond donors (Lipinski definition) is 0. The van der Waals surface area contributed by atoms with E-state index in [9.17, 15) is 14.9 Å². The Bertz CT molecular complexity index is 1150. The number of methoxy groups -OCH3 is 1. The maximum Gasteiger partial charge on any atom is 0.281 e. The maximum atomic E-state index is 13.0. The Hall–Kier alpha value is -3.39. The molecule has 31 heavy (non-hydrogen) atoms. The minimum atomic E-state index is -0.541. The molecule has 0 aliphatic carbocycles. The summed E-state index contributed by atoms with van der Waals surface area (Å²) in [5, 5.41) is 11.8. The zero-order valence-electron chi connectivity index (χ0n) is 17.3. The lowest BCUT2D eigenvalue weighted by molar-refractivity contribution is -0.384. The molecule has 0 bridgehead atoms. The van der Waals surface area contributed by atoms with Crippen molar-refractivity contribution < 1.29 is 18.8 Å². The molecule has 1 saturated heterocycles. The first-order chi connectivity index (χ1) is 15.1. The molecule has 1 fully saturated rings. The smallest absolute Gasteiger partial charge is 0.281 e. The second kappa shape index (κ2) is 9.18. The SMILES string of the molecule is COc1ccc(-c2coc3cc(OCCN4CCCCC4)ccc3c2=O)c([N+](=O)[O-])c1. The summed E-state index contributed by atoms with van der Waals surface area (Å²) in [6.45, 7) is 3.64. The first-order valence-electron chi connectivity index (χ1n) is 10.3. The standard InChI is InChI=1S/C23H24N2O6/c1-29-16-5-7-18(21(13-16)25(27)28)20-15-31-22-14-17(6-8-19(22)23(20)26)30-12-11-24-9-3-2-4-10-24/h5-8,13-15H,2-4,9-12H2,1H3. The highest BCUT2D eigenvalue weighted by Crippen LogP contribution is 2.32. The first-order valence-corrected chi connectivity index (χ1v) is 10.3. The number of likely N-dealkylation sites (tertiary alicyclic amines) is 1. The molecule has 8 heteroatoms. The van der Waals surface area contributed by atoms with Gasteiger partial charge in [0.2, 0.25) is 5.43 Å². The maximum absolute atomic E-state index is 13.0. The summed E-state index contributed by atoms with van der Waals surface area (Å²) in [5.74, 6) is 0.961. The van der Waals surface area contributed by atoms with Gasteiger partial charge in [0.1, 0.15) is 30.0 Å². The number of nitro benzene ring substituents is 1. The van der Waals surface area contributed by atoms with Gasteiger partial charge < -0.3 is 13.9 Å². The number of piperidine rings is 1. The fourth-order valence-electron chi connectivity index (χ4n) is 3.88. The Morgan fingerprint density at radius 3 is 2.58 bits per heavy atom. The third kappa shape index (κ3) is 4.54. The van der Waals surface area contributed by atoms with Crippen LogP contribution in [0.3, 0.4) is 0 Å². The minimum absolute atomic E-state index is 0.126. The van der Waals surface area contributed by atoms with Crippen molar-refractivity contribution in [3.63, 3.8) is 0 Å². The predicted octanol–water partition coefficient (Wildman–Crippen LogP) is 4.24. The Morgan fingerprint density at radius 1 is 1.06 bits per heavy atom. The van der Waals surface area contributed by atoms with Crippen LogP contribution in [-0.2, 0) is 0 Å². The molecule has 0 unspecified atom stereocenters. The summed E-state index contributed by atoms with van der Waals surface area (Å²) in [6, 6.07) is 9.40. The molecule has 3 aromatic rings. The molecular formula is C23H24N2O6. The van der Waals surface area contributed by atoms with Gasteiger partial charge in [-0.15, -0.1) is 0 Å². The van der Waals surface area contributed by atoms with E-state index >= 15 is 0 Å². The average molecular weight is 424 g/mol. The van der Waals surface area contributed by atoms with Crippen LogP contribution in [0.5, 0.6) is 11.5 Å². The van der Waals surface area contributed by atoms with E-state index in [1.165, 1.54) is 44.8 Å². The van der Waals surface area contributed by atoms with Gasteiger partial charge in [0.25, 0.3) is 5.69 Å². The Morgan fingerprint density at radius 2 is 1.84 bits per heavy atom. The van der Waals surface area contributed by atoms with Gasteiger partial charge in [-0.2, -0.15) is 0 Å². The van der Waals surface area contributed by atoms with Gasteiger partial charge in [0.15, 0.2) is 0 Å². The molecular weight excluding hydrogens is 400 g/mol. The van der Waals surface area contributed by atoms with E-state index in [1.54, 1.807) is 24.3 Å². The normalized spacial score (nSPS) is 14.5. The largest absolute Gasteiger partial charge is 0.497 e. The van der Waals surface area contributed by atoms with Gasteiger partial charge in [-0.05, 0) is 50.2 Å². The number of nitrogens with zero attached hydrogens (tertiary/aromatic N) is 2. The molecule has 2 aromatic carbocycles. The fourth-order valence-corrected chi connectivity index (χ4v) is 3.88. The van der Waals surface area contributed by atoms with Crippen LogP contribution in [-0.4, -0.2) is 43.2 Å². The number of rotatable bonds is 7. The fraction of sp³-hybridized carbons (Fsp3) is 0.348. The zero-order chi connectivity index (χ0) is 21.8. The lowest BCUT2D eigenvalue weighted by Gasteiger charge is -2.26. The van der Waals surface area contributed by atoms with Gasteiger partial charge in [-0.1, -0.05) is 6.42 Å². The molecule has 0 saturated carbocycles. The van der Waals surface area contributed by atoms with Crippen molar-refractivity contribution in [3.8, 4) is 22.6 Å². The van der Waals surface area contributed by atoms with E-state index in [1.807, 2.05) is 0 Å². The van der Waals surface area contributed by atoms with Gasteiger partial charge in [0.05, 0.1) is 34.6 Å². The van der Waals surface area contributed by atoms with Crippen molar-refractivity contribution in [1.82, 2.24) is 4.90 Å². The number of nitro groups is 1. The van der Waals surface area contributed by atoms with Crippen LogP contribution >= 0.6 is 0 Å². The lowest BCUT2D eigenvalue weighted by atomic mass is 10.0. The van der Waals surface area contributed by atoms with Crippen LogP contribution in [0, 0.1) is 10.1 Å². The van der Waals surface area contributed by atoms with E-state index in [2.05, 4.69) is 4.90 Å². The Balaban J connectivity index is 1.58. The summed E-state index contributed by atoms with van der Waals surface area (Å²) in [7, 11) is 1.43. The summed E-state index contributed by atoms with van der Waals surface area (Å²) < 4.78 is 16.6. The highest BCUT2D eigenvalue weighted by Gasteiger charge is 2.21. The van der Waals surface area contributed by atoms with Crippen LogP contribution in [0.4, 0.5) is 5.69 Å². The summed E-state index contributed by atoms with van der Waals surface area (Å²) >= 11 is 0. The van der Waals surface area contributed by atoms with Gasteiger partial charge in [-0.3, -0.25) is 19.8 Å². The van der Waals surface area contributed by atoms with E-state index in [4.69, 9.17) is 13.9 Å². The summed E-state index contributed by atoms with van der Waals surface area (Å²) in [5.41, 5.74) is 0.127. The van der Waals surface area contributed by atoms with Gasteiger partial charge >= 0.3 is 0 Å². The van der Waals surface area contributed by atoms with E-state index in [-0.39, 0.29) is 22.2 Å². The Labute approximate surface area is 179 Å². The molecule has 0 amide bonds. The van der Waals surface area contributed by atoms with Gasteiger partial charge in [-0.25, -0.2) is 0 Å². The van der Waals surface area contributed by atoms with Gasteiger partial charge in [0, 0.05) is 12.6 Å². The van der Waals surface area contributed by atoms with Crippen LogP contribution in [0.15, 0.2) is 51.9 Å². The molecule has 0 radical (unpaired) electrons. The molecule has 1 aliphatic rings. The van der Waals surface area contributed by atoms with E-state index in [0.717, 1.165) is 19.6 Å². The van der Waals surface area contributed by atoms with Crippen molar-refractivity contribution >= 4 is 16.7 Å². The van der Waals surface area contributed by atoms with Crippen LogP contribution < -0.4 is 14.9 Å².